The van der Waals surface area contributed by atoms with Gasteiger partial charge < -0.3 is 14.6 Å². The van der Waals surface area contributed by atoms with Crippen LogP contribution in [0.3, 0.4) is 0 Å². The molecule has 14 heteroatoms. The predicted molar refractivity (Wildman–Crippen MR) is 132 cm³/mol. The molecule has 0 saturated carbocycles. The Hall–Kier alpha value is -1.44. The minimum absolute atomic E-state index is 0.0348. The number of nitrogens with one attached hydrogen (secondary N) is 2. The standard InChI is InChI=1S/C23H38FN4O8P/c1-15-12-23(2,3)26-19(35-15)7-10-33-37(32,27-8-5-4-6-9-27)34-14-18-17(29)11-20(36-18)28-13-16(24)21(30)25-22(28)31/h13,15,17-20,26,29H,4-12,14H2,1-3H3,(H,25,30,31)/t15?,17-,18+,19?,20+,37?/m0/s1. The Labute approximate surface area is 215 Å². The zero-order valence-electron chi connectivity index (χ0n) is 21.6. The van der Waals surface area contributed by atoms with E-state index in [4.69, 9.17) is 18.5 Å². The van der Waals surface area contributed by atoms with Crippen LogP contribution in [0.25, 0.3) is 0 Å². The smallest absolute Gasteiger partial charge is 0.390 e. The molecule has 6 atom stereocenters. The summed E-state index contributed by atoms with van der Waals surface area (Å²) in [6.07, 6.45) is 1.64. The molecule has 3 aliphatic heterocycles. The minimum atomic E-state index is -3.72. The number of hydrogen-bond acceptors (Lipinski definition) is 9. The lowest BCUT2D eigenvalue weighted by Gasteiger charge is -2.41. The highest BCUT2D eigenvalue weighted by molar-refractivity contribution is 7.51. The van der Waals surface area contributed by atoms with Gasteiger partial charge in [0.1, 0.15) is 18.6 Å². The van der Waals surface area contributed by atoms with Gasteiger partial charge in [0.25, 0.3) is 5.56 Å². The minimum Gasteiger partial charge on any atom is -0.390 e. The van der Waals surface area contributed by atoms with Crippen LogP contribution in [0.5, 0.6) is 0 Å². The summed E-state index contributed by atoms with van der Waals surface area (Å²) in [5.41, 5.74) is -2.08. The molecule has 0 bridgehead atoms. The molecule has 210 valence electrons. The summed E-state index contributed by atoms with van der Waals surface area (Å²) in [6.45, 7) is 7.23. The van der Waals surface area contributed by atoms with E-state index in [2.05, 4.69) is 19.2 Å². The molecule has 0 amide bonds. The SMILES string of the molecule is CC1CC(C)(C)NC(CCOP(=O)(OC[C@H]2O[C@@H](n3cc(F)c(=O)[nH]c3=O)C[C@@H]2O)N2CCCCC2)O1. The third-order valence-corrected chi connectivity index (χ3v) is 8.98. The predicted octanol–water partition coefficient (Wildman–Crippen LogP) is 1.84. The highest BCUT2D eigenvalue weighted by atomic mass is 31.2. The number of aliphatic hydroxyl groups excluding tert-OH is 1. The second-order valence-electron chi connectivity index (χ2n) is 10.6. The van der Waals surface area contributed by atoms with Crippen molar-refractivity contribution in [2.45, 2.75) is 95.6 Å². The van der Waals surface area contributed by atoms with Gasteiger partial charge in [-0.15, -0.1) is 0 Å². The molecule has 1 aromatic rings. The maximum atomic E-state index is 13.9. The van der Waals surface area contributed by atoms with Crippen molar-refractivity contribution in [3.8, 4) is 0 Å². The Balaban J connectivity index is 1.38. The average Bonchev–Trinajstić information content (AvgIpc) is 3.19. The van der Waals surface area contributed by atoms with Crippen LogP contribution in [0.2, 0.25) is 0 Å². The fourth-order valence-corrected chi connectivity index (χ4v) is 7.04. The zero-order chi connectivity index (χ0) is 26.8. The molecule has 4 rings (SSSR count). The third-order valence-electron chi connectivity index (χ3n) is 6.90. The van der Waals surface area contributed by atoms with E-state index in [1.165, 1.54) is 0 Å². The zero-order valence-corrected chi connectivity index (χ0v) is 22.5. The van der Waals surface area contributed by atoms with Crippen molar-refractivity contribution in [2.24, 2.45) is 0 Å². The van der Waals surface area contributed by atoms with E-state index in [0.29, 0.717) is 19.5 Å². The maximum Gasteiger partial charge on any atom is 0.408 e. The number of hydrogen-bond donors (Lipinski definition) is 3. The second kappa shape index (κ2) is 11.7. The van der Waals surface area contributed by atoms with Crippen LogP contribution in [0.15, 0.2) is 15.8 Å². The quantitative estimate of drug-likeness (QED) is 0.391. The van der Waals surface area contributed by atoms with Crippen LogP contribution < -0.4 is 16.6 Å². The number of halogens is 1. The number of rotatable bonds is 9. The molecule has 3 N–H and O–H groups in total. The first-order valence-corrected chi connectivity index (χ1v) is 14.4. The van der Waals surface area contributed by atoms with Gasteiger partial charge in [-0.3, -0.25) is 28.7 Å². The number of piperidine rings is 1. The van der Waals surface area contributed by atoms with E-state index in [1.54, 1.807) is 4.67 Å². The van der Waals surface area contributed by atoms with Gasteiger partial charge in [-0.1, -0.05) is 6.42 Å². The van der Waals surface area contributed by atoms with Crippen molar-refractivity contribution in [3.05, 3.63) is 32.9 Å². The summed E-state index contributed by atoms with van der Waals surface area (Å²) in [6, 6.07) is 0. The molecule has 37 heavy (non-hydrogen) atoms. The van der Waals surface area contributed by atoms with E-state index < -0.39 is 43.2 Å². The third kappa shape index (κ3) is 7.15. The number of H-pyrrole nitrogens is 1. The number of aliphatic hydroxyl groups is 1. The fraction of sp³-hybridized carbons (Fsp3) is 0.826. The summed E-state index contributed by atoms with van der Waals surface area (Å²) >= 11 is 0. The highest BCUT2D eigenvalue weighted by Gasteiger charge is 2.41. The van der Waals surface area contributed by atoms with E-state index in [0.717, 1.165) is 36.4 Å². The topological polar surface area (TPSA) is 144 Å². The summed E-state index contributed by atoms with van der Waals surface area (Å²) in [5, 5.41) is 13.9. The molecule has 0 aliphatic carbocycles. The van der Waals surface area contributed by atoms with Crippen molar-refractivity contribution in [1.82, 2.24) is 19.5 Å². The number of aromatic amines is 1. The molecule has 4 heterocycles. The van der Waals surface area contributed by atoms with Gasteiger partial charge in [-0.2, -0.15) is 4.39 Å². The summed E-state index contributed by atoms with van der Waals surface area (Å²) < 4.78 is 53.6. The van der Waals surface area contributed by atoms with Gasteiger partial charge >= 0.3 is 13.4 Å². The molecule has 3 saturated heterocycles. The lowest BCUT2D eigenvalue weighted by molar-refractivity contribution is -0.0944. The van der Waals surface area contributed by atoms with Crippen LogP contribution in [-0.2, 0) is 23.1 Å². The summed E-state index contributed by atoms with van der Waals surface area (Å²) in [5.74, 6) is -1.14. The fourth-order valence-electron chi connectivity index (χ4n) is 5.19. The molecule has 0 aromatic carbocycles. The van der Waals surface area contributed by atoms with Crippen LogP contribution >= 0.6 is 7.75 Å². The van der Waals surface area contributed by atoms with Gasteiger partial charge in [0, 0.05) is 31.5 Å². The van der Waals surface area contributed by atoms with Crippen LogP contribution in [0.4, 0.5) is 4.39 Å². The van der Waals surface area contributed by atoms with Crippen molar-refractivity contribution < 1.29 is 32.6 Å². The molecule has 0 radical (unpaired) electrons. The first-order valence-electron chi connectivity index (χ1n) is 12.9. The van der Waals surface area contributed by atoms with Gasteiger partial charge in [0.05, 0.1) is 31.6 Å². The maximum absolute atomic E-state index is 13.9. The van der Waals surface area contributed by atoms with Gasteiger partial charge in [-0.05, 0) is 40.0 Å². The van der Waals surface area contributed by atoms with Crippen molar-refractivity contribution in [2.75, 3.05) is 26.3 Å². The highest BCUT2D eigenvalue weighted by Crippen LogP contribution is 2.53. The van der Waals surface area contributed by atoms with Crippen LogP contribution in [0, 0.1) is 5.82 Å². The molecular formula is C23H38FN4O8P. The Morgan fingerprint density at radius 3 is 2.65 bits per heavy atom. The number of aromatic nitrogens is 2. The second-order valence-corrected chi connectivity index (χ2v) is 12.7. The van der Waals surface area contributed by atoms with Crippen LogP contribution in [-0.4, -0.2) is 75.7 Å². The molecular weight excluding hydrogens is 510 g/mol. The van der Waals surface area contributed by atoms with Crippen molar-refractivity contribution in [3.63, 3.8) is 0 Å². The average molecular weight is 549 g/mol. The van der Waals surface area contributed by atoms with Crippen LogP contribution in [0.1, 0.15) is 65.5 Å². The molecule has 0 spiro atoms. The summed E-state index contributed by atoms with van der Waals surface area (Å²) in [4.78, 5) is 25.3. The van der Waals surface area contributed by atoms with E-state index in [-0.39, 0.29) is 37.5 Å². The normalized spacial score (nSPS) is 32.3. The Kier molecular flexibility index (Phi) is 9.07. The molecule has 3 aliphatic rings. The molecule has 12 nitrogen and oxygen atoms in total. The lowest BCUT2D eigenvalue weighted by atomic mass is 9.95. The van der Waals surface area contributed by atoms with Gasteiger partial charge in [0.15, 0.2) is 0 Å². The number of nitrogens with zero attached hydrogens (tertiary/aromatic N) is 2. The van der Waals surface area contributed by atoms with E-state index >= 15 is 0 Å². The molecule has 3 unspecified atom stereocenters. The first-order chi connectivity index (χ1) is 17.5. The first kappa shape index (κ1) is 28.6. The molecule has 3 fully saturated rings. The Morgan fingerprint density at radius 2 is 1.95 bits per heavy atom. The van der Waals surface area contributed by atoms with E-state index in [1.807, 2.05) is 11.9 Å². The largest absolute Gasteiger partial charge is 0.408 e. The monoisotopic (exact) mass is 548 g/mol. The van der Waals surface area contributed by atoms with Crippen molar-refractivity contribution >= 4 is 7.75 Å². The Bertz CT molecular complexity index is 1090. The van der Waals surface area contributed by atoms with Crippen molar-refractivity contribution in [1.29, 1.82) is 0 Å². The Morgan fingerprint density at radius 1 is 1.22 bits per heavy atom. The number of ether oxygens (including phenoxy) is 2. The van der Waals surface area contributed by atoms with Gasteiger partial charge in [-0.25, -0.2) is 14.0 Å². The summed E-state index contributed by atoms with van der Waals surface area (Å²) in [7, 11) is -3.72. The lowest BCUT2D eigenvalue weighted by Crippen LogP contribution is -2.55. The molecule has 1 aromatic heterocycles. The van der Waals surface area contributed by atoms with Gasteiger partial charge in [0.2, 0.25) is 5.82 Å². The van der Waals surface area contributed by atoms with E-state index in [9.17, 15) is 23.7 Å².